The van der Waals surface area contributed by atoms with Gasteiger partial charge in [0.05, 0.1) is 6.04 Å². The number of hydrogen-bond acceptors (Lipinski definition) is 2. The van der Waals surface area contributed by atoms with Crippen LogP contribution in [0.1, 0.15) is 20.3 Å². The molecule has 0 aliphatic carbocycles. The first-order valence-electron chi connectivity index (χ1n) is 4.40. The van der Waals surface area contributed by atoms with Crippen molar-refractivity contribution in [2.45, 2.75) is 32.5 Å². The van der Waals surface area contributed by atoms with E-state index in [0.717, 1.165) is 0 Å². The van der Waals surface area contributed by atoms with Crippen molar-refractivity contribution in [3.05, 3.63) is 0 Å². The minimum absolute atomic E-state index is 0.0164. The van der Waals surface area contributed by atoms with Crippen molar-refractivity contribution in [2.75, 3.05) is 13.6 Å². The first-order valence-corrected chi connectivity index (χ1v) is 4.40. The summed E-state index contributed by atoms with van der Waals surface area (Å²) in [4.78, 5) is 13.3. The number of halogens is 1. The third kappa shape index (κ3) is 1.83. The average molecular weight is 173 g/mol. The van der Waals surface area contributed by atoms with Gasteiger partial charge in [-0.2, -0.15) is 0 Å². The predicted octanol–water partition coefficient (Wildman–Crippen LogP) is 1.25. The summed E-state index contributed by atoms with van der Waals surface area (Å²) in [6.07, 6.45) is -0.434. The van der Waals surface area contributed by atoms with E-state index in [2.05, 4.69) is 0 Å². The van der Waals surface area contributed by atoms with Gasteiger partial charge in [-0.05, 0) is 7.05 Å². The van der Waals surface area contributed by atoms with Gasteiger partial charge in [0.2, 0.25) is 0 Å². The molecule has 1 rings (SSSR count). The van der Waals surface area contributed by atoms with E-state index in [0.29, 0.717) is 13.0 Å². The Kier molecular flexibility index (Phi) is 2.83. The zero-order chi connectivity index (χ0) is 9.30. The quantitative estimate of drug-likeness (QED) is 0.626. The van der Waals surface area contributed by atoms with Crippen LogP contribution in [0, 0.1) is 5.92 Å². The largest absolute Gasteiger partial charge is 0.298 e. The summed E-state index contributed by atoms with van der Waals surface area (Å²) in [5.74, 6) is 0.181. The molecule has 1 aliphatic heterocycles. The van der Waals surface area contributed by atoms with Crippen LogP contribution in [0.25, 0.3) is 0 Å². The summed E-state index contributed by atoms with van der Waals surface area (Å²) >= 11 is 0. The summed E-state index contributed by atoms with van der Waals surface area (Å²) in [5.41, 5.74) is 0. The highest BCUT2D eigenvalue weighted by Gasteiger charge is 2.34. The molecule has 70 valence electrons. The molecule has 2 atom stereocenters. The van der Waals surface area contributed by atoms with E-state index in [1.807, 2.05) is 25.8 Å². The maximum absolute atomic E-state index is 12.9. The fourth-order valence-corrected chi connectivity index (χ4v) is 1.65. The predicted molar refractivity (Wildman–Crippen MR) is 45.8 cm³/mol. The van der Waals surface area contributed by atoms with Crippen molar-refractivity contribution in [2.24, 2.45) is 5.92 Å². The van der Waals surface area contributed by atoms with Crippen LogP contribution in [0.5, 0.6) is 0 Å². The zero-order valence-electron chi connectivity index (χ0n) is 7.88. The Morgan fingerprint density at radius 3 is 2.50 bits per heavy atom. The van der Waals surface area contributed by atoms with Crippen molar-refractivity contribution in [1.29, 1.82) is 0 Å². The molecule has 0 spiro atoms. The maximum atomic E-state index is 12.9. The highest BCUT2D eigenvalue weighted by Crippen LogP contribution is 2.21. The summed E-state index contributed by atoms with van der Waals surface area (Å²) in [7, 11) is 1.81. The van der Waals surface area contributed by atoms with Crippen LogP contribution in [0.2, 0.25) is 0 Å². The molecule has 1 unspecified atom stereocenters. The SMILES string of the molecule is CC(C)C(=O)[C@@H]1CC(F)CN1C. The summed E-state index contributed by atoms with van der Waals surface area (Å²) in [6.45, 7) is 4.13. The van der Waals surface area contributed by atoms with Crippen LogP contribution < -0.4 is 0 Å². The Balaban J connectivity index is 2.58. The molecule has 0 saturated carbocycles. The lowest BCUT2D eigenvalue weighted by atomic mass is 10.00. The molecular formula is C9H16FNO. The third-order valence-electron chi connectivity index (χ3n) is 2.39. The Morgan fingerprint density at radius 1 is 1.58 bits per heavy atom. The van der Waals surface area contributed by atoms with E-state index in [1.165, 1.54) is 0 Å². The summed E-state index contributed by atoms with van der Waals surface area (Å²) in [5, 5.41) is 0. The van der Waals surface area contributed by atoms with E-state index >= 15 is 0 Å². The van der Waals surface area contributed by atoms with Gasteiger partial charge in [-0.25, -0.2) is 4.39 Å². The van der Waals surface area contributed by atoms with Crippen molar-refractivity contribution in [3.63, 3.8) is 0 Å². The molecule has 1 fully saturated rings. The molecule has 0 radical (unpaired) electrons. The first kappa shape index (κ1) is 9.65. The monoisotopic (exact) mass is 173 g/mol. The molecule has 1 aliphatic rings. The van der Waals surface area contributed by atoms with Gasteiger partial charge < -0.3 is 0 Å². The van der Waals surface area contributed by atoms with Crippen LogP contribution in [0.4, 0.5) is 4.39 Å². The second-order valence-electron chi connectivity index (χ2n) is 3.85. The van der Waals surface area contributed by atoms with Crippen molar-refractivity contribution in [3.8, 4) is 0 Å². The summed E-state index contributed by atoms with van der Waals surface area (Å²) in [6, 6.07) is -0.181. The first-order chi connectivity index (χ1) is 5.52. The van der Waals surface area contributed by atoms with Crippen LogP contribution in [-0.4, -0.2) is 36.5 Å². The molecule has 12 heavy (non-hydrogen) atoms. The van der Waals surface area contributed by atoms with E-state index in [-0.39, 0.29) is 17.7 Å². The molecule has 3 heteroatoms. The Morgan fingerprint density at radius 2 is 2.17 bits per heavy atom. The smallest absolute Gasteiger partial charge is 0.152 e. The number of likely N-dealkylation sites (tertiary alicyclic amines) is 1. The second-order valence-corrected chi connectivity index (χ2v) is 3.85. The minimum Gasteiger partial charge on any atom is -0.298 e. The van der Waals surface area contributed by atoms with Gasteiger partial charge in [-0.15, -0.1) is 0 Å². The number of likely N-dealkylation sites (N-methyl/N-ethyl adjacent to an activating group) is 1. The van der Waals surface area contributed by atoms with Crippen molar-refractivity contribution >= 4 is 5.78 Å². The van der Waals surface area contributed by atoms with E-state index in [9.17, 15) is 9.18 Å². The molecule has 2 nitrogen and oxygen atoms in total. The number of nitrogens with zero attached hydrogens (tertiary/aromatic N) is 1. The van der Waals surface area contributed by atoms with Gasteiger partial charge in [0, 0.05) is 18.9 Å². The fraction of sp³-hybridized carbons (Fsp3) is 0.889. The Labute approximate surface area is 72.7 Å². The van der Waals surface area contributed by atoms with Crippen LogP contribution in [-0.2, 0) is 4.79 Å². The maximum Gasteiger partial charge on any atom is 0.152 e. The van der Waals surface area contributed by atoms with Gasteiger partial charge in [-0.1, -0.05) is 13.8 Å². The number of Topliss-reactive ketones (excluding diaryl/α,β-unsaturated/α-hetero) is 1. The molecular weight excluding hydrogens is 157 g/mol. The highest BCUT2D eigenvalue weighted by atomic mass is 19.1. The van der Waals surface area contributed by atoms with Crippen LogP contribution in [0.3, 0.4) is 0 Å². The number of carbonyl (C=O) groups excluding carboxylic acids is 1. The standard InChI is InChI=1S/C9H16FNO/c1-6(2)9(12)8-4-7(10)5-11(8)3/h6-8H,4-5H2,1-3H3/t7?,8-/m0/s1. The lowest BCUT2D eigenvalue weighted by molar-refractivity contribution is -0.125. The molecule has 1 heterocycles. The lowest BCUT2D eigenvalue weighted by Crippen LogP contribution is -2.35. The van der Waals surface area contributed by atoms with Crippen molar-refractivity contribution in [1.82, 2.24) is 4.90 Å². The molecule has 0 amide bonds. The number of alkyl halides is 1. The van der Waals surface area contributed by atoms with Crippen LogP contribution in [0.15, 0.2) is 0 Å². The van der Waals surface area contributed by atoms with E-state index in [1.54, 1.807) is 0 Å². The lowest BCUT2D eigenvalue weighted by Gasteiger charge is -2.18. The van der Waals surface area contributed by atoms with E-state index in [4.69, 9.17) is 0 Å². The molecule has 0 aromatic rings. The number of carbonyl (C=O) groups is 1. The van der Waals surface area contributed by atoms with Gasteiger partial charge in [0.15, 0.2) is 5.78 Å². The fourth-order valence-electron chi connectivity index (χ4n) is 1.65. The number of hydrogen-bond donors (Lipinski definition) is 0. The van der Waals surface area contributed by atoms with E-state index < -0.39 is 6.17 Å². The molecule has 0 N–H and O–H groups in total. The number of rotatable bonds is 2. The normalized spacial score (nSPS) is 31.4. The molecule has 0 aromatic carbocycles. The Bertz CT molecular complexity index is 181. The molecule has 0 aromatic heterocycles. The molecule has 1 saturated heterocycles. The van der Waals surface area contributed by atoms with Gasteiger partial charge in [0.1, 0.15) is 6.17 Å². The van der Waals surface area contributed by atoms with Crippen molar-refractivity contribution < 1.29 is 9.18 Å². The Hall–Kier alpha value is -0.440. The number of ketones is 1. The highest BCUT2D eigenvalue weighted by molar-refractivity contribution is 5.86. The van der Waals surface area contributed by atoms with Crippen LogP contribution >= 0.6 is 0 Å². The van der Waals surface area contributed by atoms with Gasteiger partial charge in [0.25, 0.3) is 0 Å². The molecule has 0 bridgehead atoms. The van der Waals surface area contributed by atoms with Gasteiger partial charge in [-0.3, -0.25) is 9.69 Å². The average Bonchev–Trinajstić information content (AvgIpc) is 2.28. The topological polar surface area (TPSA) is 20.3 Å². The van der Waals surface area contributed by atoms with Gasteiger partial charge >= 0.3 is 0 Å². The zero-order valence-corrected chi connectivity index (χ0v) is 7.88. The summed E-state index contributed by atoms with van der Waals surface area (Å²) < 4.78 is 12.9. The second kappa shape index (κ2) is 3.52. The minimum atomic E-state index is -0.817. The third-order valence-corrected chi connectivity index (χ3v) is 2.39.